The van der Waals surface area contributed by atoms with Crippen LogP contribution < -0.4 is 10.9 Å². The predicted octanol–water partition coefficient (Wildman–Crippen LogP) is 2.67. The van der Waals surface area contributed by atoms with Crippen LogP contribution in [0.5, 0.6) is 0 Å². The first kappa shape index (κ1) is 17.8. The lowest BCUT2D eigenvalue weighted by molar-refractivity contribution is -0.137. The van der Waals surface area contributed by atoms with Crippen molar-refractivity contribution in [2.45, 2.75) is 26.8 Å². The van der Waals surface area contributed by atoms with Gasteiger partial charge in [0.2, 0.25) is 0 Å². The van der Waals surface area contributed by atoms with Gasteiger partial charge in [0.05, 0.1) is 10.3 Å². The smallest absolute Gasteiger partial charge is 0.323 e. The van der Waals surface area contributed by atoms with E-state index in [0.717, 1.165) is 15.9 Å². The summed E-state index contributed by atoms with van der Waals surface area (Å²) in [4.78, 5) is 41.7. The van der Waals surface area contributed by atoms with Gasteiger partial charge in [-0.1, -0.05) is 25.1 Å². The van der Waals surface area contributed by atoms with Crippen LogP contribution in [0.4, 0.5) is 5.69 Å². The number of fused-ring (bicyclic) bond motifs is 1. The molecule has 7 nitrogen and oxygen atoms in total. The van der Waals surface area contributed by atoms with Crippen molar-refractivity contribution in [1.82, 2.24) is 9.55 Å². The summed E-state index contributed by atoms with van der Waals surface area (Å²) in [7, 11) is 0. The van der Waals surface area contributed by atoms with E-state index in [1.807, 2.05) is 18.2 Å². The Kier molecular flexibility index (Phi) is 4.85. The lowest BCUT2D eigenvalue weighted by atomic mass is 10.2. The topological polar surface area (TPSA) is 101 Å². The van der Waals surface area contributed by atoms with Crippen molar-refractivity contribution in [3.05, 3.63) is 57.0 Å². The van der Waals surface area contributed by atoms with Gasteiger partial charge in [-0.05, 0) is 24.6 Å². The molecule has 0 saturated heterocycles. The van der Waals surface area contributed by atoms with E-state index < -0.39 is 18.1 Å². The van der Waals surface area contributed by atoms with Crippen LogP contribution in [0.2, 0.25) is 0 Å². The van der Waals surface area contributed by atoms with Crippen molar-refractivity contribution in [1.29, 1.82) is 0 Å². The fourth-order valence-corrected chi connectivity index (χ4v) is 3.84. The number of benzene rings is 1. The molecule has 2 heterocycles. The van der Waals surface area contributed by atoms with Crippen LogP contribution in [0.3, 0.4) is 0 Å². The molecule has 0 fully saturated rings. The van der Waals surface area contributed by atoms with Gasteiger partial charge in [-0.3, -0.25) is 19.0 Å². The summed E-state index contributed by atoms with van der Waals surface area (Å²) >= 11 is 1.14. The van der Waals surface area contributed by atoms with Crippen molar-refractivity contribution in [3.8, 4) is 0 Å². The molecule has 0 atom stereocenters. The van der Waals surface area contributed by atoms with Crippen LogP contribution in [0, 0.1) is 6.92 Å². The zero-order valence-electron chi connectivity index (χ0n) is 14.3. The molecule has 0 aliphatic carbocycles. The van der Waals surface area contributed by atoms with Gasteiger partial charge in [0.15, 0.2) is 0 Å². The van der Waals surface area contributed by atoms with E-state index in [9.17, 15) is 14.4 Å². The number of thiophene rings is 1. The highest BCUT2D eigenvalue weighted by molar-refractivity contribution is 7.20. The van der Waals surface area contributed by atoms with E-state index in [4.69, 9.17) is 5.11 Å². The number of aliphatic carboxylic acids is 1. The van der Waals surface area contributed by atoms with E-state index in [1.54, 1.807) is 26.0 Å². The number of anilines is 1. The highest BCUT2D eigenvalue weighted by atomic mass is 32.1. The highest BCUT2D eigenvalue weighted by Crippen LogP contribution is 2.28. The molecule has 0 unspecified atom stereocenters. The number of nitrogens with zero attached hydrogens (tertiary/aromatic N) is 2. The molecule has 0 saturated carbocycles. The van der Waals surface area contributed by atoms with Crippen molar-refractivity contribution in [3.63, 3.8) is 0 Å². The monoisotopic (exact) mass is 371 g/mol. The second kappa shape index (κ2) is 7.09. The number of amides is 1. The molecule has 1 aromatic carbocycles. The Morgan fingerprint density at radius 2 is 1.96 bits per heavy atom. The molecule has 1 amide bonds. The fourth-order valence-electron chi connectivity index (χ4n) is 2.75. The number of para-hydroxylation sites is 1. The molecule has 8 heteroatoms. The number of carbonyl (C=O) groups excluding carboxylic acids is 1. The van der Waals surface area contributed by atoms with Gasteiger partial charge >= 0.3 is 5.97 Å². The second-order valence-corrected chi connectivity index (χ2v) is 6.72. The zero-order valence-corrected chi connectivity index (χ0v) is 15.1. The average molecular weight is 371 g/mol. The minimum atomic E-state index is -1.11. The van der Waals surface area contributed by atoms with Crippen molar-refractivity contribution in [2.75, 3.05) is 5.32 Å². The normalized spacial score (nSPS) is 10.8. The summed E-state index contributed by atoms with van der Waals surface area (Å²) in [6.45, 7) is 3.03. The number of carboxylic acid groups (broad SMARTS) is 1. The maximum atomic E-state index is 12.8. The number of nitrogens with one attached hydrogen (secondary N) is 1. The average Bonchev–Trinajstić information content (AvgIpc) is 2.94. The maximum Gasteiger partial charge on any atom is 0.323 e. The summed E-state index contributed by atoms with van der Waals surface area (Å²) < 4.78 is 1.16. The Morgan fingerprint density at radius 3 is 2.58 bits per heavy atom. The molecule has 0 spiro atoms. The number of rotatable bonds is 5. The Bertz CT molecular complexity index is 1050. The third-order valence-electron chi connectivity index (χ3n) is 3.98. The second-order valence-electron chi connectivity index (χ2n) is 5.72. The highest BCUT2D eigenvalue weighted by Gasteiger charge is 2.22. The summed E-state index contributed by atoms with van der Waals surface area (Å²) in [5, 5.41) is 12.2. The summed E-state index contributed by atoms with van der Waals surface area (Å²) in [5.41, 5.74) is 0.735. The third kappa shape index (κ3) is 3.23. The third-order valence-corrected chi connectivity index (χ3v) is 5.16. The molecule has 3 aromatic rings. The SMILES string of the molecule is CCc1nc2sc(C(=O)Nc3ccccc3)c(C)c2c(=O)n1CC(=O)O. The lowest BCUT2D eigenvalue weighted by Gasteiger charge is -2.08. The molecular formula is C18H17N3O4S. The Morgan fingerprint density at radius 1 is 1.27 bits per heavy atom. The number of aromatic nitrogens is 2. The predicted molar refractivity (Wildman–Crippen MR) is 100 cm³/mol. The summed E-state index contributed by atoms with van der Waals surface area (Å²) in [6.07, 6.45) is 0.418. The molecule has 0 aliphatic rings. The molecule has 2 N–H and O–H groups in total. The van der Waals surface area contributed by atoms with Crippen LogP contribution in [0.25, 0.3) is 10.2 Å². The van der Waals surface area contributed by atoms with Gasteiger partial charge in [0.25, 0.3) is 11.5 Å². The molecule has 26 heavy (non-hydrogen) atoms. The van der Waals surface area contributed by atoms with E-state index in [2.05, 4.69) is 10.3 Å². The molecule has 2 aromatic heterocycles. The molecular weight excluding hydrogens is 354 g/mol. The molecule has 3 rings (SSSR count). The quantitative estimate of drug-likeness (QED) is 0.718. The van der Waals surface area contributed by atoms with E-state index in [0.29, 0.717) is 38.6 Å². The lowest BCUT2D eigenvalue weighted by Crippen LogP contribution is -2.28. The van der Waals surface area contributed by atoms with E-state index >= 15 is 0 Å². The minimum absolute atomic E-state index is 0.298. The fraction of sp³-hybridized carbons (Fsp3) is 0.222. The van der Waals surface area contributed by atoms with Crippen LogP contribution in [-0.2, 0) is 17.8 Å². The molecule has 0 aliphatic heterocycles. The van der Waals surface area contributed by atoms with Crippen LogP contribution in [-0.4, -0.2) is 26.5 Å². The van der Waals surface area contributed by atoms with Crippen molar-refractivity contribution in [2.24, 2.45) is 0 Å². The van der Waals surface area contributed by atoms with Gasteiger partial charge in [-0.25, -0.2) is 4.98 Å². The largest absolute Gasteiger partial charge is 0.480 e. The first-order chi connectivity index (χ1) is 12.4. The number of hydrogen-bond acceptors (Lipinski definition) is 5. The summed E-state index contributed by atoms with van der Waals surface area (Å²) in [5.74, 6) is -1.04. The first-order valence-electron chi connectivity index (χ1n) is 8.03. The van der Waals surface area contributed by atoms with Gasteiger partial charge < -0.3 is 10.4 Å². The Labute approximate surface area is 152 Å². The maximum absolute atomic E-state index is 12.8. The molecule has 134 valence electrons. The van der Waals surface area contributed by atoms with Crippen molar-refractivity contribution < 1.29 is 14.7 Å². The minimum Gasteiger partial charge on any atom is -0.480 e. The van der Waals surface area contributed by atoms with Gasteiger partial charge in [0, 0.05) is 12.1 Å². The van der Waals surface area contributed by atoms with Crippen LogP contribution >= 0.6 is 11.3 Å². The van der Waals surface area contributed by atoms with Crippen LogP contribution in [0.15, 0.2) is 35.1 Å². The standard InChI is InChI=1S/C18H17N3O4S/c1-3-12-20-17-14(18(25)21(12)9-13(22)23)10(2)15(26-17)16(24)19-11-7-5-4-6-8-11/h4-8H,3,9H2,1-2H3,(H,19,24)(H,22,23). The summed E-state index contributed by atoms with van der Waals surface area (Å²) in [6, 6.07) is 9.02. The molecule has 0 radical (unpaired) electrons. The number of carbonyl (C=O) groups is 2. The van der Waals surface area contributed by atoms with Gasteiger partial charge in [0.1, 0.15) is 17.2 Å². The zero-order chi connectivity index (χ0) is 18.8. The first-order valence-corrected chi connectivity index (χ1v) is 8.85. The van der Waals surface area contributed by atoms with Gasteiger partial charge in [-0.15, -0.1) is 11.3 Å². The number of hydrogen-bond donors (Lipinski definition) is 2. The number of aryl methyl sites for hydroxylation is 2. The van der Waals surface area contributed by atoms with Crippen LogP contribution in [0.1, 0.15) is 28.0 Å². The van der Waals surface area contributed by atoms with Gasteiger partial charge in [-0.2, -0.15) is 0 Å². The number of carboxylic acids is 1. The van der Waals surface area contributed by atoms with E-state index in [-0.39, 0.29) is 5.91 Å². The Hall–Kier alpha value is -3.00. The Balaban J connectivity index is 2.10. The van der Waals surface area contributed by atoms with Crippen molar-refractivity contribution >= 4 is 39.1 Å². The molecule has 0 bridgehead atoms. The van der Waals surface area contributed by atoms with E-state index in [1.165, 1.54) is 0 Å².